The zero-order valence-electron chi connectivity index (χ0n) is 8.67. The molecule has 0 spiro atoms. The molecule has 2 heterocycles. The van der Waals surface area contributed by atoms with Crippen LogP contribution in [0.4, 0.5) is 0 Å². The van der Waals surface area contributed by atoms with Gasteiger partial charge >= 0.3 is 0 Å². The third kappa shape index (κ3) is 2.67. The highest BCUT2D eigenvalue weighted by atomic mass is 35.5. The molecule has 0 aliphatic carbocycles. The molecule has 0 fully saturated rings. The van der Waals surface area contributed by atoms with E-state index in [0.29, 0.717) is 11.0 Å². The molecule has 0 N–H and O–H groups in total. The second-order valence-corrected chi connectivity index (χ2v) is 3.61. The highest BCUT2D eigenvalue weighted by Gasteiger charge is 2.08. The zero-order chi connectivity index (χ0) is 11.4. The maximum absolute atomic E-state index is 5.71. The average molecular weight is 236 g/mol. The largest absolute Gasteiger partial charge is 0.469 e. The predicted octanol–water partition coefficient (Wildman–Crippen LogP) is 2.67. The van der Waals surface area contributed by atoms with E-state index in [1.807, 2.05) is 19.1 Å². The number of aromatic nitrogens is 3. The molecule has 0 aliphatic heterocycles. The van der Waals surface area contributed by atoms with E-state index in [2.05, 4.69) is 15.0 Å². The lowest BCUT2D eigenvalue weighted by Gasteiger charge is -2.13. The number of pyridine rings is 1. The minimum atomic E-state index is -0.138. The van der Waals surface area contributed by atoms with Crippen molar-refractivity contribution >= 4 is 11.6 Å². The van der Waals surface area contributed by atoms with E-state index in [0.717, 1.165) is 5.56 Å². The van der Waals surface area contributed by atoms with Crippen molar-refractivity contribution in [3.05, 3.63) is 47.6 Å². The quantitative estimate of drug-likeness (QED) is 0.821. The Morgan fingerprint density at radius 3 is 2.81 bits per heavy atom. The summed E-state index contributed by atoms with van der Waals surface area (Å²) < 4.78 is 5.58. The molecule has 2 rings (SSSR count). The molecule has 0 unspecified atom stereocenters. The van der Waals surface area contributed by atoms with Gasteiger partial charge in [0, 0.05) is 18.0 Å². The van der Waals surface area contributed by atoms with Crippen molar-refractivity contribution in [2.45, 2.75) is 13.0 Å². The number of hydrogen-bond acceptors (Lipinski definition) is 4. The number of ether oxygens (including phenoxy) is 1. The van der Waals surface area contributed by atoms with E-state index in [1.165, 1.54) is 12.4 Å². The molecule has 1 atom stereocenters. The normalized spacial score (nSPS) is 12.1. The maximum atomic E-state index is 5.71. The predicted molar refractivity (Wildman–Crippen MR) is 60.3 cm³/mol. The summed E-state index contributed by atoms with van der Waals surface area (Å²) in [6.07, 6.45) is 6.32. The fourth-order valence-electron chi connectivity index (χ4n) is 1.25. The van der Waals surface area contributed by atoms with Crippen LogP contribution in [-0.2, 0) is 0 Å². The van der Waals surface area contributed by atoms with Crippen LogP contribution in [0, 0.1) is 0 Å². The van der Waals surface area contributed by atoms with Gasteiger partial charge in [-0.2, -0.15) is 4.98 Å². The topological polar surface area (TPSA) is 47.9 Å². The van der Waals surface area contributed by atoms with Crippen molar-refractivity contribution in [2.24, 2.45) is 0 Å². The van der Waals surface area contributed by atoms with Gasteiger partial charge in [-0.3, -0.25) is 9.97 Å². The summed E-state index contributed by atoms with van der Waals surface area (Å²) in [4.78, 5) is 11.9. The SMILES string of the molecule is C[C@H](Oc1cncc(Cl)n1)c1cccnc1. The van der Waals surface area contributed by atoms with Gasteiger partial charge in [0.25, 0.3) is 0 Å². The van der Waals surface area contributed by atoms with Gasteiger partial charge in [-0.25, -0.2) is 0 Å². The van der Waals surface area contributed by atoms with Gasteiger partial charge in [0.1, 0.15) is 6.10 Å². The monoisotopic (exact) mass is 235 g/mol. The highest BCUT2D eigenvalue weighted by molar-refractivity contribution is 6.29. The molecular formula is C11H10ClN3O. The van der Waals surface area contributed by atoms with Crippen molar-refractivity contribution in [1.29, 1.82) is 0 Å². The summed E-state index contributed by atoms with van der Waals surface area (Å²) in [5, 5.41) is 0.316. The lowest BCUT2D eigenvalue weighted by molar-refractivity contribution is 0.216. The molecule has 0 amide bonds. The smallest absolute Gasteiger partial charge is 0.234 e. The van der Waals surface area contributed by atoms with Gasteiger partial charge in [-0.1, -0.05) is 17.7 Å². The molecule has 82 valence electrons. The van der Waals surface area contributed by atoms with Crippen molar-refractivity contribution in [3.8, 4) is 5.88 Å². The first kappa shape index (κ1) is 10.8. The fourth-order valence-corrected chi connectivity index (χ4v) is 1.39. The van der Waals surface area contributed by atoms with Crippen LogP contribution in [0.15, 0.2) is 36.9 Å². The third-order valence-corrected chi connectivity index (χ3v) is 2.22. The summed E-state index contributed by atoms with van der Waals surface area (Å²) in [7, 11) is 0. The summed E-state index contributed by atoms with van der Waals surface area (Å²) in [5.41, 5.74) is 0.976. The van der Waals surface area contributed by atoms with Gasteiger partial charge < -0.3 is 4.74 Å². The molecule has 0 bridgehead atoms. The van der Waals surface area contributed by atoms with E-state index >= 15 is 0 Å². The zero-order valence-corrected chi connectivity index (χ0v) is 9.43. The standard InChI is InChI=1S/C11H10ClN3O/c1-8(9-3-2-4-13-5-9)16-11-7-14-6-10(12)15-11/h2-8H,1H3/t8-/m0/s1. The summed E-state index contributed by atoms with van der Waals surface area (Å²) >= 11 is 5.71. The number of rotatable bonds is 3. The average Bonchev–Trinajstić information content (AvgIpc) is 2.30. The Hall–Kier alpha value is -1.68. The van der Waals surface area contributed by atoms with Gasteiger partial charge in [-0.05, 0) is 13.0 Å². The fraction of sp³-hybridized carbons (Fsp3) is 0.182. The van der Waals surface area contributed by atoms with Crippen LogP contribution < -0.4 is 4.74 Å². The van der Waals surface area contributed by atoms with Crippen molar-refractivity contribution in [3.63, 3.8) is 0 Å². The summed E-state index contributed by atoms with van der Waals surface area (Å²) in [6, 6.07) is 3.80. The number of halogens is 1. The minimum Gasteiger partial charge on any atom is -0.469 e. The Morgan fingerprint density at radius 2 is 2.12 bits per heavy atom. The first-order chi connectivity index (χ1) is 7.75. The van der Waals surface area contributed by atoms with Crippen LogP contribution in [0.25, 0.3) is 0 Å². The molecule has 4 nitrogen and oxygen atoms in total. The Bertz CT molecular complexity index is 464. The summed E-state index contributed by atoms with van der Waals surface area (Å²) in [6.45, 7) is 1.92. The molecule has 0 aliphatic rings. The number of nitrogens with zero attached hydrogens (tertiary/aromatic N) is 3. The minimum absolute atomic E-state index is 0.138. The molecule has 0 saturated heterocycles. The second kappa shape index (κ2) is 4.90. The van der Waals surface area contributed by atoms with Gasteiger partial charge in [0.15, 0.2) is 5.15 Å². The van der Waals surface area contributed by atoms with Crippen LogP contribution in [0.5, 0.6) is 5.88 Å². The maximum Gasteiger partial charge on any atom is 0.234 e. The molecule has 0 saturated carbocycles. The number of hydrogen-bond donors (Lipinski definition) is 0. The Kier molecular flexibility index (Phi) is 3.31. The van der Waals surface area contributed by atoms with E-state index in [-0.39, 0.29) is 6.10 Å². The molecule has 0 aromatic carbocycles. The molecule has 0 radical (unpaired) electrons. The third-order valence-electron chi connectivity index (χ3n) is 2.03. The molecule has 2 aromatic heterocycles. The van der Waals surface area contributed by atoms with Gasteiger partial charge in [0.05, 0.1) is 12.4 Å². The molecule has 2 aromatic rings. The van der Waals surface area contributed by atoms with E-state index < -0.39 is 0 Å². The Morgan fingerprint density at radius 1 is 1.25 bits per heavy atom. The van der Waals surface area contributed by atoms with Gasteiger partial charge in [-0.15, -0.1) is 0 Å². The molecule has 16 heavy (non-hydrogen) atoms. The highest BCUT2D eigenvalue weighted by Crippen LogP contribution is 2.19. The second-order valence-electron chi connectivity index (χ2n) is 3.23. The van der Waals surface area contributed by atoms with Crippen LogP contribution >= 0.6 is 11.6 Å². The first-order valence-electron chi connectivity index (χ1n) is 4.80. The van der Waals surface area contributed by atoms with Crippen molar-refractivity contribution in [2.75, 3.05) is 0 Å². The molecular weight excluding hydrogens is 226 g/mol. The van der Waals surface area contributed by atoms with Gasteiger partial charge in [0.2, 0.25) is 5.88 Å². The molecule has 5 heteroatoms. The van der Waals surface area contributed by atoms with E-state index in [1.54, 1.807) is 12.4 Å². The Labute approximate surface area is 98.3 Å². The van der Waals surface area contributed by atoms with E-state index in [4.69, 9.17) is 16.3 Å². The lowest BCUT2D eigenvalue weighted by Crippen LogP contribution is -2.04. The van der Waals surface area contributed by atoms with Crippen LogP contribution in [-0.4, -0.2) is 15.0 Å². The van der Waals surface area contributed by atoms with E-state index in [9.17, 15) is 0 Å². The Balaban J connectivity index is 2.11. The van der Waals surface area contributed by atoms with Crippen molar-refractivity contribution in [1.82, 2.24) is 15.0 Å². The van der Waals surface area contributed by atoms with Crippen LogP contribution in [0.1, 0.15) is 18.6 Å². The summed E-state index contributed by atoms with van der Waals surface area (Å²) in [5.74, 6) is 0.406. The van der Waals surface area contributed by atoms with Crippen LogP contribution in [0.3, 0.4) is 0 Å². The first-order valence-corrected chi connectivity index (χ1v) is 5.17. The van der Waals surface area contributed by atoms with Crippen LogP contribution in [0.2, 0.25) is 5.15 Å². The lowest BCUT2D eigenvalue weighted by atomic mass is 10.2. The van der Waals surface area contributed by atoms with Crippen molar-refractivity contribution < 1.29 is 4.74 Å².